The Morgan fingerprint density at radius 1 is 0.852 bits per heavy atom. The van der Waals surface area contributed by atoms with Gasteiger partial charge in [0.15, 0.2) is 0 Å². The third-order valence-corrected chi connectivity index (χ3v) is 5.55. The fourth-order valence-electron chi connectivity index (χ4n) is 2.74. The number of benzene rings is 3. The summed E-state index contributed by atoms with van der Waals surface area (Å²) in [5, 5.41) is 10.2. The van der Waals surface area contributed by atoms with Crippen LogP contribution in [0.2, 0.25) is 0 Å². The molecule has 1 N–H and O–H groups in total. The highest BCUT2D eigenvalue weighted by Gasteiger charge is 2.17. The van der Waals surface area contributed by atoms with E-state index in [2.05, 4.69) is 0 Å². The number of aliphatic hydroxyl groups excluding tert-OH is 1. The summed E-state index contributed by atoms with van der Waals surface area (Å²) in [4.78, 5) is 0.0903. The first-order chi connectivity index (χ1) is 12.9. The maximum Gasteiger partial charge on any atom is 0.297 e. The second-order valence-electron chi connectivity index (χ2n) is 6.47. The molecular formula is C22H22O4S. The zero-order valence-corrected chi connectivity index (χ0v) is 15.9. The van der Waals surface area contributed by atoms with Crippen molar-refractivity contribution >= 4 is 10.1 Å². The van der Waals surface area contributed by atoms with E-state index in [1.807, 2.05) is 61.5 Å². The molecule has 0 unspecified atom stereocenters. The van der Waals surface area contributed by atoms with E-state index in [4.69, 9.17) is 4.18 Å². The van der Waals surface area contributed by atoms with Gasteiger partial charge in [0.2, 0.25) is 0 Å². The van der Waals surface area contributed by atoms with Crippen LogP contribution in [0.3, 0.4) is 0 Å². The van der Waals surface area contributed by atoms with Crippen LogP contribution in [-0.2, 0) is 20.7 Å². The molecule has 3 aromatic carbocycles. The zero-order chi connectivity index (χ0) is 19.3. The molecule has 0 amide bonds. The lowest BCUT2D eigenvalue weighted by atomic mass is 10.0. The summed E-state index contributed by atoms with van der Waals surface area (Å²) in [5.41, 5.74) is 4.09. The Kier molecular flexibility index (Phi) is 6.06. The van der Waals surface area contributed by atoms with Gasteiger partial charge < -0.3 is 5.11 Å². The van der Waals surface area contributed by atoms with Gasteiger partial charge in [-0.05, 0) is 35.7 Å². The second-order valence-corrected chi connectivity index (χ2v) is 8.09. The lowest BCUT2D eigenvalue weighted by molar-refractivity contribution is 0.111. The molecule has 0 heterocycles. The van der Waals surface area contributed by atoms with Gasteiger partial charge in [0.25, 0.3) is 10.1 Å². The summed E-state index contributed by atoms with van der Waals surface area (Å²) < 4.78 is 29.3. The fraction of sp³-hybridized carbons (Fsp3) is 0.182. The molecule has 0 aliphatic carbocycles. The monoisotopic (exact) mass is 382 g/mol. The second kappa shape index (κ2) is 8.48. The minimum atomic E-state index is -3.87. The smallest absolute Gasteiger partial charge is 0.297 e. The van der Waals surface area contributed by atoms with E-state index >= 15 is 0 Å². The molecule has 0 aliphatic heterocycles. The molecule has 3 aromatic rings. The molecule has 5 heteroatoms. The highest BCUT2D eigenvalue weighted by atomic mass is 32.2. The van der Waals surface area contributed by atoms with Gasteiger partial charge in [-0.25, -0.2) is 0 Å². The van der Waals surface area contributed by atoms with E-state index in [0.717, 1.165) is 22.3 Å². The van der Waals surface area contributed by atoms with E-state index in [1.54, 1.807) is 12.1 Å². The van der Waals surface area contributed by atoms with Crippen LogP contribution < -0.4 is 0 Å². The summed E-state index contributed by atoms with van der Waals surface area (Å²) in [5.74, 6) is 0. The van der Waals surface area contributed by atoms with Crippen molar-refractivity contribution in [1.29, 1.82) is 0 Å². The molecule has 0 spiro atoms. The maximum atomic E-state index is 12.2. The Bertz CT molecular complexity index is 963. The molecule has 0 radical (unpaired) electrons. The molecule has 0 aromatic heterocycles. The molecule has 1 atom stereocenters. The summed E-state index contributed by atoms with van der Waals surface area (Å²) in [6, 6.07) is 24.3. The summed E-state index contributed by atoms with van der Waals surface area (Å²) in [6.45, 7) is 1.60. The van der Waals surface area contributed by atoms with Crippen LogP contribution in [0.4, 0.5) is 0 Å². The van der Waals surface area contributed by atoms with Gasteiger partial charge in [0, 0.05) is 6.42 Å². The quantitative estimate of drug-likeness (QED) is 0.628. The zero-order valence-electron chi connectivity index (χ0n) is 15.1. The molecule has 0 saturated carbocycles. The lowest BCUT2D eigenvalue weighted by Gasteiger charge is -2.12. The first kappa shape index (κ1) is 19.3. The summed E-state index contributed by atoms with van der Waals surface area (Å²) in [7, 11) is -3.87. The van der Waals surface area contributed by atoms with Gasteiger partial charge in [-0.2, -0.15) is 8.42 Å². The lowest BCUT2D eigenvalue weighted by Crippen LogP contribution is -2.21. The van der Waals surface area contributed by atoms with E-state index in [1.165, 1.54) is 12.1 Å². The van der Waals surface area contributed by atoms with Gasteiger partial charge in [0.05, 0.1) is 17.6 Å². The highest BCUT2D eigenvalue weighted by molar-refractivity contribution is 7.86. The van der Waals surface area contributed by atoms with Gasteiger partial charge in [-0.1, -0.05) is 72.3 Å². The topological polar surface area (TPSA) is 63.6 Å². The van der Waals surface area contributed by atoms with E-state index < -0.39 is 16.2 Å². The first-order valence-corrected chi connectivity index (χ1v) is 10.1. The normalized spacial score (nSPS) is 12.7. The highest BCUT2D eigenvalue weighted by Crippen LogP contribution is 2.20. The van der Waals surface area contributed by atoms with Gasteiger partial charge in [-0.3, -0.25) is 4.18 Å². The van der Waals surface area contributed by atoms with Crippen LogP contribution in [0.1, 0.15) is 11.1 Å². The average Bonchev–Trinajstić information content (AvgIpc) is 2.68. The third kappa shape index (κ3) is 5.26. The van der Waals surface area contributed by atoms with Gasteiger partial charge in [-0.15, -0.1) is 0 Å². The van der Waals surface area contributed by atoms with E-state index in [9.17, 15) is 13.5 Å². The van der Waals surface area contributed by atoms with Crippen molar-refractivity contribution in [1.82, 2.24) is 0 Å². The molecule has 0 aliphatic rings. The largest absolute Gasteiger partial charge is 0.390 e. The van der Waals surface area contributed by atoms with Crippen LogP contribution in [0.25, 0.3) is 11.1 Å². The Hall–Kier alpha value is -2.47. The SMILES string of the molecule is Cc1ccc(S(=O)(=O)OC[C@@H](O)Cc2ccc(-c3ccccc3)cc2)cc1. The fourth-order valence-corrected chi connectivity index (χ4v) is 3.68. The number of hydrogen-bond donors (Lipinski definition) is 1. The van der Waals surface area contributed by atoms with Crippen molar-refractivity contribution in [3.63, 3.8) is 0 Å². The molecule has 3 rings (SSSR count). The number of rotatable bonds is 7. The van der Waals surface area contributed by atoms with Crippen LogP contribution in [0.15, 0.2) is 83.8 Å². The van der Waals surface area contributed by atoms with Crippen molar-refractivity contribution in [2.45, 2.75) is 24.3 Å². The van der Waals surface area contributed by atoms with Gasteiger partial charge >= 0.3 is 0 Å². The van der Waals surface area contributed by atoms with Crippen molar-refractivity contribution in [3.05, 3.63) is 90.0 Å². The van der Waals surface area contributed by atoms with Crippen LogP contribution in [-0.4, -0.2) is 26.2 Å². The standard InChI is InChI=1S/C22H22O4S/c1-17-7-13-22(14-8-17)27(24,25)26-16-21(23)15-18-9-11-20(12-10-18)19-5-3-2-4-6-19/h2-14,21,23H,15-16H2,1H3/t21-/m0/s1. The van der Waals surface area contributed by atoms with Crippen LogP contribution in [0.5, 0.6) is 0 Å². The predicted molar refractivity (Wildman–Crippen MR) is 106 cm³/mol. The van der Waals surface area contributed by atoms with E-state index in [0.29, 0.717) is 6.42 Å². The van der Waals surface area contributed by atoms with E-state index in [-0.39, 0.29) is 11.5 Å². The van der Waals surface area contributed by atoms with Crippen molar-refractivity contribution < 1.29 is 17.7 Å². The van der Waals surface area contributed by atoms with Gasteiger partial charge in [0.1, 0.15) is 0 Å². The summed E-state index contributed by atoms with van der Waals surface area (Å²) in [6.07, 6.45) is -0.592. The van der Waals surface area contributed by atoms with Crippen molar-refractivity contribution in [2.75, 3.05) is 6.61 Å². The molecule has 4 nitrogen and oxygen atoms in total. The minimum absolute atomic E-state index is 0.0903. The van der Waals surface area contributed by atoms with Crippen LogP contribution >= 0.6 is 0 Å². The van der Waals surface area contributed by atoms with Crippen molar-refractivity contribution in [3.8, 4) is 11.1 Å². The number of aliphatic hydroxyl groups is 1. The number of hydrogen-bond acceptors (Lipinski definition) is 4. The summed E-state index contributed by atoms with van der Waals surface area (Å²) >= 11 is 0. The molecule has 0 fully saturated rings. The third-order valence-electron chi connectivity index (χ3n) is 4.26. The average molecular weight is 382 g/mol. The maximum absolute atomic E-state index is 12.2. The van der Waals surface area contributed by atoms with Crippen LogP contribution in [0, 0.1) is 6.92 Å². The molecular weight excluding hydrogens is 360 g/mol. The Balaban J connectivity index is 1.57. The Morgan fingerprint density at radius 3 is 2.07 bits per heavy atom. The predicted octanol–water partition coefficient (Wildman–Crippen LogP) is 3.97. The molecule has 0 bridgehead atoms. The minimum Gasteiger partial charge on any atom is -0.390 e. The molecule has 0 saturated heterocycles. The molecule has 140 valence electrons. The first-order valence-electron chi connectivity index (χ1n) is 8.72. The Labute approximate surface area is 160 Å². The number of aryl methyl sites for hydroxylation is 1. The van der Waals surface area contributed by atoms with Crippen molar-refractivity contribution in [2.24, 2.45) is 0 Å². The molecule has 27 heavy (non-hydrogen) atoms. The Morgan fingerprint density at radius 2 is 1.44 bits per heavy atom.